The molecule has 0 aliphatic rings. The SMILES string of the molecule is CCCCCCCCCCCCCCCCCC(=O)O.[H-].[K+]. The van der Waals surface area contributed by atoms with E-state index in [0.29, 0.717) is 6.42 Å². The molecule has 0 fully saturated rings. The molecule has 0 spiro atoms. The van der Waals surface area contributed by atoms with Crippen LogP contribution in [0.5, 0.6) is 0 Å². The minimum Gasteiger partial charge on any atom is -1.00 e. The van der Waals surface area contributed by atoms with Crippen LogP contribution in [-0.2, 0) is 4.79 Å². The summed E-state index contributed by atoms with van der Waals surface area (Å²) in [5, 5.41) is 8.52. The van der Waals surface area contributed by atoms with E-state index in [9.17, 15) is 4.79 Å². The minimum absolute atomic E-state index is 0. The van der Waals surface area contributed by atoms with E-state index < -0.39 is 5.97 Å². The first kappa shape index (κ1) is 24.4. The summed E-state index contributed by atoms with van der Waals surface area (Å²) in [7, 11) is 0. The van der Waals surface area contributed by atoms with Crippen LogP contribution < -0.4 is 51.4 Å². The Hall–Kier alpha value is 1.11. The molecule has 0 heterocycles. The Morgan fingerprint density at radius 1 is 0.667 bits per heavy atom. The molecule has 0 bridgehead atoms. The van der Waals surface area contributed by atoms with Crippen LogP contribution in [0.4, 0.5) is 0 Å². The molecule has 0 saturated carbocycles. The Morgan fingerprint density at radius 2 is 0.952 bits per heavy atom. The summed E-state index contributed by atoms with van der Waals surface area (Å²) >= 11 is 0. The van der Waals surface area contributed by atoms with Gasteiger partial charge < -0.3 is 6.53 Å². The summed E-state index contributed by atoms with van der Waals surface area (Å²) in [6.07, 6.45) is 20.2. The molecular formula is C18H37KO2. The van der Waals surface area contributed by atoms with E-state index in [4.69, 9.17) is 5.11 Å². The number of aliphatic carboxylic acids is 1. The van der Waals surface area contributed by atoms with Crippen molar-refractivity contribution in [2.45, 2.75) is 110 Å². The van der Waals surface area contributed by atoms with E-state index in [1.807, 2.05) is 0 Å². The third-order valence-corrected chi connectivity index (χ3v) is 3.99. The molecular weight excluding hydrogens is 287 g/mol. The van der Waals surface area contributed by atoms with Crippen molar-refractivity contribution in [3.63, 3.8) is 0 Å². The van der Waals surface area contributed by atoms with Gasteiger partial charge in [0.05, 0.1) is 0 Å². The van der Waals surface area contributed by atoms with Gasteiger partial charge >= 0.3 is 57.4 Å². The van der Waals surface area contributed by atoms with Crippen molar-refractivity contribution in [3.05, 3.63) is 0 Å². The molecule has 0 aliphatic carbocycles. The molecule has 0 radical (unpaired) electrons. The van der Waals surface area contributed by atoms with E-state index in [1.165, 1.54) is 83.5 Å². The standard InChI is InChI=1S/C18H36O2.K.H/c1-2-3-4-5-6-7-8-9-10-11-12-13-14-15-16-17-18(19)20;;/h2-17H2,1H3,(H,19,20);;/q;+1;-1. The van der Waals surface area contributed by atoms with Gasteiger partial charge in [-0.1, -0.05) is 96.8 Å². The fraction of sp³-hybridized carbons (Fsp3) is 0.944. The van der Waals surface area contributed by atoms with Gasteiger partial charge in [0.25, 0.3) is 0 Å². The summed E-state index contributed by atoms with van der Waals surface area (Å²) < 4.78 is 0. The number of carbonyl (C=O) groups is 1. The average molecular weight is 325 g/mol. The molecule has 21 heavy (non-hydrogen) atoms. The van der Waals surface area contributed by atoms with Crippen LogP contribution in [0, 0.1) is 0 Å². The molecule has 3 heteroatoms. The molecule has 1 N–H and O–H groups in total. The van der Waals surface area contributed by atoms with Crippen molar-refractivity contribution < 1.29 is 62.7 Å². The average Bonchev–Trinajstić information content (AvgIpc) is 2.43. The van der Waals surface area contributed by atoms with Crippen molar-refractivity contribution in [1.29, 1.82) is 0 Å². The van der Waals surface area contributed by atoms with Crippen molar-refractivity contribution in [1.82, 2.24) is 0 Å². The topological polar surface area (TPSA) is 37.3 Å². The Morgan fingerprint density at radius 3 is 1.24 bits per heavy atom. The number of carboxylic acids is 1. The van der Waals surface area contributed by atoms with Crippen molar-refractivity contribution in [3.8, 4) is 0 Å². The van der Waals surface area contributed by atoms with Crippen molar-refractivity contribution in [2.75, 3.05) is 0 Å². The normalized spacial score (nSPS) is 10.3. The van der Waals surface area contributed by atoms with E-state index >= 15 is 0 Å². The smallest absolute Gasteiger partial charge is 1.00 e. The fourth-order valence-corrected chi connectivity index (χ4v) is 2.65. The third kappa shape index (κ3) is 23.5. The number of rotatable bonds is 16. The second-order valence-electron chi connectivity index (χ2n) is 6.09. The van der Waals surface area contributed by atoms with Gasteiger partial charge in [-0.2, -0.15) is 0 Å². The molecule has 0 unspecified atom stereocenters. The molecule has 0 aliphatic heterocycles. The predicted octanol–water partition coefficient (Wildman–Crippen LogP) is 3.45. The zero-order valence-electron chi connectivity index (χ0n) is 15.7. The van der Waals surface area contributed by atoms with E-state index in [0.717, 1.165) is 12.8 Å². The van der Waals surface area contributed by atoms with Gasteiger partial charge in [0.15, 0.2) is 0 Å². The molecule has 0 rings (SSSR count). The second kappa shape index (κ2) is 21.1. The van der Waals surface area contributed by atoms with E-state index in [2.05, 4.69) is 6.92 Å². The van der Waals surface area contributed by atoms with Gasteiger partial charge in [-0.05, 0) is 6.42 Å². The van der Waals surface area contributed by atoms with Gasteiger partial charge in [0.1, 0.15) is 0 Å². The molecule has 0 saturated heterocycles. The van der Waals surface area contributed by atoms with E-state index in [1.54, 1.807) is 0 Å². The van der Waals surface area contributed by atoms with Crippen LogP contribution in [0.3, 0.4) is 0 Å². The number of hydrogen-bond donors (Lipinski definition) is 1. The van der Waals surface area contributed by atoms with Crippen LogP contribution in [0.2, 0.25) is 0 Å². The Bertz CT molecular complexity index is 213. The Kier molecular flexibility index (Phi) is 24.5. The maximum absolute atomic E-state index is 10.3. The van der Waals surface area contributed by atoms with Crippen LogP contribution in [0.1, 0.15) is 111 Å². The summed E-state index contributed by atoms with van der Waals surface area (Å²) in [5.74, 6) is -0.653. The summed E-state index contributed by atoms with van der Waals surface area (Å²) in [4.78, 5) is 10.3. The molecule has 0 amide bonds. The van der Waals surface area contributed by atoms with E-state index in [-0.39, 0.29) is 52.8 Å². The van der Waals surface area contributed by atoms with Crippen molar-refractivity contribution >= 4 is 5.97 Å². The van der Waals surface area contributed by atoms with Crippen LogP contribution in [0.15, 0.2) is 0 Å². The van der Waals surface area contributed by atoms with Gasteiger partial charge in [0.2, 0.25) is 0 Å². The summed E-state index contributed by atoms with van der Waals surface area (Å²) in [5.41, 5.74) is 0. The number of hydrogen-bond acceptors (Lipinski definition) is 1. The maximum Gasteiger partial charge on any atom is 1.00 e. The zero-order valence-corrected chi connectivity index (χ0v) is 17.8. The molecule has 0 aromatic carbocycles. The fourth-order valence-electron chi connectivity index (χ4n) is 2.65. The van der Waals surface area contributed by atoms with Gasteiger partial charge in [-0.15, -0.1) is 0 Å². The predicted molar refractivity (Wildman–Crippen MR) is 88.3 cm³/mol. The minimum atomic E-state index is -0.653. The summed E-state index contributed by atoms with van der Waals surface area (Å²) in [6, 6.07) is 0. The number of carboxylic acid groups (broad SMARTS) is 1. The maximum atomic E-state index is 10.3. The molecule has 0 aromatic rings. The second-order valence-corrected chi connectivity index (χ2v) is 6.09. The van der Waals surface area contributed by atoms with Crippen molar-refractivity contribution in [2.24, 2.45) is 0 Å². The number of unbranched alkanes of at least 4 members (excludes halogenated alkanes) is 14. The summed E-state index contributed by atoms with van der Waals surface area (Å²) in [6.45, 7) is 2.27. The molecule has 2 nitrogen and oxygen atoms in total. The van der Waals surface area contributed by atoms with Crippen LogP contribution >= 0.6 is 0 Å². The quantitative estimate of drug-likeness (QED) is 0.349. The van der Waals surface area contributed by atoms with Gasteiger partial charge in [0, 0.05) is 6.42 Å². The Balaban J connectivity index is -0.00000180. The third-order valence-electron chi connectivity index (χ3n) is 3.99. The van der Waals surface area contributed by atoms with Crippen LogP contribution in [-0.4, -0.2) is 11.1 Å². The first-order chi connectivity index (χ1) is 9.77. The molecule has 0 aromatic heterocycles. The van der Waals surface area contributed by atoms with Crippen LogP contribution in [0.25, 0.3) is 0 Å². The Labute approximate surface area is 176 Å². The first-order valence-corrected chi connectivity index (χ1v) is 8.99. The first-order valence-electron chi connectivity index (χ1n) is 8.99. The van der Waals surface area contributed by atoms with Gasteiger partial charge in [-0.25, -0.2) is 0 Å². The largest absolute Gasteiger partial charge is 1.00 e. The molecule has 0 atom stereocenters. The zero-order chi connectivity index (χ0) is 14.9. The molecule has 122 valence electrons. The van der Waals surface area contributed by atoms with Gasteiger partial charge in [-0.3, -0.25) is 4.79 Å². The monoisotopic (exact) mass is 324 g/mol.